The first kappa shape index (κ1) is 14.0. The van der Waals surface area contributed by atoms with Gasteiger partial charge in [0.15, 0.2) is 0 Å². The SMILES string of the molecule is O=C(Nc1cccnc1Br)c1cc(Cl)nc2ccccc12. The third-order valence-electron chi connectivity index (χ3n) is 2.94. The van der Waals surface area contributed by atoms with Crippen molar-refractivity contribution in [3.8, 4) is 0 Å². The molecule has 2 aromatic heterocycles. The van der Waals surface area contributed by atoms with Crippen LogP contribution in [0.15, 0.2) is 53.3 Å². The van der Waals surface area contributed by atoms with E-state index >= 15 is 0 Å². The van der Waals surface area contributed by atoms with Crippen LogP contribution >= 0.6 is 27.5 Å². The van der Waals surface area contributed by atoms with Crippen molar-refractivity contribution in [1.82, 2.24) is 9.97 Å². The van der Waals surface area contributed by atoms with Crippen molar-refractivity contribution in [2.45, 2.75) is 0 Å². The molecule has 1 aromatic carbocycles. The van der Waals surface area contributed by atoms with Gasteiger partial charge in [-0.15, -0.1) is 0 Å². The van der Waals surface area contributed by atoms with Crippen molar-refractivity contribution >= 4 is 50.0 Å². The second kappa shape index (κ2) is 5.79. The summed E-state index contributed by atoms with van der Waals surface area (Å²) in [5.41, 5.74) is 1.75. The monoisotopic (exact) mass is 361 g/mol. The van der Waals surface area contributed by atoms with E-state index in [0.29, 0.717) is 21.4 Å². The Balaban J connectivity index is 2.04. The summed E-state index contributed by atoms with van der Waals surface area (Å²) in [6, 6.07) is 12.4. The van der Waals surface area contributed by atoms with Crippen LogP contribution in [0.5, 0.6) is 0 Å². The number of nitrogens with zero attached hydrogens (tertiary/aromatic N) is 2. The first-order chi connectivity index (χ1) is 10.1. The third-order valence-corrected chi connectivity index (χ3v) is 3.76. The normalized spacial score (nSPS) is 10.6. The van der Waals surface area contributed by atoms with Gasteiger partial charge in [-0.25, -0.2) is 9.97 Å². The topological polar surface area (TPSA) is 54.9 Å². The van der Waals surface area contributed by atoms with E-state index in [9.17, 15) is 4.79 Å². The summed E-state index contributed by atoms with van der Waals surface area (Å²) in [5.74, 6) is -0.260. The van der Waals surface area contributed by atoms with E-state index in [1.807, 2.05) is 24.3 Å². The van der Waals surface area contributed by atoms with E-state index < -0.39 is 0 Å². The van der Waals surface area contributed by atoms with E-state index in [1.54, 1.807) is 24.4 Å². The molecule has 104 valence electrons. The number of fused-ring (bicyclic) bond motifs is 1. The molecular weight excluding hydrogens is 354 g/mol. The van der Waals surface area contributed by atoms with Crippen LogP contribution in [0, 0.1) is 0 Å². The molecule has 0 spiro atoms. The molecule has 21 heavy (non-hydrogen) atoms. The van der Waals surface area contributed by atoms with Crippen LogP contribution < -0.4 is 5.32 Å². The van der Waals surface area contributed by atoms with Crippen molar-refractivity contribution in [2.24, 2.45) is 0 Å². The van der Waals surface area contributed by atoms with E-state index in [2.05, 4.69) is 31.2 Å². The average molecular weight is 363 g/mol. The maximum absolute atomic E-state index is 12.5. The smallest absolute Gasteiger partial charge is 0.256 e. The van der Waals surface area contributed by atoms with E-state index in [1.165, 1.54) is 0 Å². The van der Waals surface area contributed by atoms with Gasteiger partial charge in [0.05, 0.1) is 16.8 Å². The Bertz CT molecular complexity index is 838. The van der Waals surface area contributed by atoms with Crippen LogP contribution in [-0.2, 0) is 0 Å². The molecule has 0 saturated heterocycles. The molecule has 0 saturated carbocycles. The number of nitrogens with one attached hydrogen (secondary N) is 1. The molecule has 0 aliphatic carbocycles. The highest BCUT2D eigenvalue weighted by atomic mass is 79.9. The molecule has 3 aromatic rings. The number of benzene rings is 1. The minimum Gasteiger partial charge on any atom is -0.320 e. The molecule has 0 fully saturated rings. The van der Waals surface area contributed by atoms with E-state index in [-0.39, 0.29) is 11.1 Å². The van der Waals surface area contributed by atoms with Crippen molar-refractivity contribution in [3.63, 3.8) is 0 Å². The number of carbonyl (C=O) groups is 1. The van der Waals surface area contributed by atoms with Crippen LogP contribution in [0.25, 0.3) is 10.9 Å². The van der Waals surface area contributed by atoms with Gasteiger partial charge >= 0.3 is 0 Å². The minimum atomic E-state index is -0.260. The molecular formula is C15H9BrClN3O. The van der Waals surface area contributed by atoms with Crippen LogP contribution in [0.4, 0.5) is 5.69 Å². The number of rotatable bonds is 2. The molecule has 6 heteroatoms. The lowest BCUT2D eigenvalue weighted by Crippen LogP contribution is -2.13. The van der Waals surface area contributed by atoms with Gasteiger partial charge in [-0.1, -0.05) is 29.8 Å². The largest absolute Gasteiger partial charge is 0.320 e. The molecule has 2 heterocycles. The number of hydrogen-bond donors (Lipinski definition) is 1. The number of anilines is 1. The average Bonchev–Trinajstić information content (AvgIpc) is 2.48. The lowest BCUT2D eigenvalue weighted by molar-refractivity contribution is 0.102. The second-order valence-electron chi connectivity index (χ2n) is 4.31. The fraction of sp³-hybridized carbons (Fsp3) is 0. The highest BCUT2D eigenvalue weighted by Crippen LogP contribution is 2.24. The summed E-state index contributed by atoms with van der Waals surface area (Å²) in [6.07, 6.45) is 1.64. The van der Waals surface area contributed by atoms with Gasteiger partial charge in [-0.3, -0.25) is 4.79 Å². The number of carbonyl (C=O) groups excluding carboxylic acids is 1. The highest BCUT2D eigenvalue weighted by Gasteiger charge is 2.13. The number of para-hydroxylation sites is 1. The van der Waals surface area contributed by atoms with Gasteiger partial charge in [0.1, 0.15) is 9.76 Å². The van der Waals surface area contributed by atoms with Gasteiger partial charge < -0.3 is 5.32 Å². The summed E-state index contributed by atoms with van der Waals surface area (Å²) in [6.45, 7) is 0. The van der Waals surface area contributed by atoms with Crippen LogP contribution in [0.3, 0.4) is 0 Å². The first-order valence-corrected chi connectivity index (χ1v) is 7.29. The number of hydrogen-bond acceptors (Lipinski definition) is 3. The molecule has 0 atom stereocenters. The Morgan fingerprint density at radius 2 is 2.00 bits per heavy atom. The lowest BCUT2D eigenvalue weighted by atomic mass is 10.1. The molecule has 0 unspecified atom stereocenters. The number of halogens is 2. The van der Waals surface area contributed by atoms with Gasteiger partial charge in [0.25, 0.3) is 5.91 Å². The minimum absolute atomic E-state index is 0.260. The number of amides is 1. The zero-order valence-corrected chi connectivity index (χ0v) is 13.0. The molecule has 0 radical (unpaired) electrons. The Morgan fingerprint density at radius 3 is 2.81 bits per heavy atom. The molecule has 3 rings (SSSR count). The molecule has 1 N–H and O–H groups in total. The van der Waals surface area contributed by atoms with Gasteiger partial charge in [-0.2, -0.15) is 0 Å². The standard InChI is InChI=1S/C15H9BrClN3O/c16-14-12(6-3-7-18-14)20-15(21)10-8-13(17)19-11-5-2-1-4-9(10)11/h1-8H,(H,20,21). The van der Waals surface area contributed by atoms with Crippen molar-refractivity contribution in [1.29, 1.82) is 0 Å². The summed E-state index contributed by atoms with van der Waals surface area (Å²) in [4.78, 5) is 20.8. The van der Waals surface area contributed by atoms with E-state index in [0.717, 1.165) is 5.39 Å². The number of pyridine rings is 2. The molecule has 0 bridgehead atoms. The third kappa shape index (κ3) is 2.89. The van der Waals surface area contributed by atoms with Gasteiger partial charge in [0.2, 0.25) is 0 Å². The van der Waals surface area contributed by atoms with Crippen molar-refractivity contribution < 1.29 is 4.79 Å². The molecule has 1 amide bonds. The molecule has 0 aliphatic rings. The summed E-state index contributed by atoms with van der Waals surface area (Å²) >= 11 is 9.29. The summed E-state index contributed by atoms with van der Waals surface area (Å²) in [7, 11) is 0. The Hall–Kier alpha value is -1.98. The van der Waals surface area contributed by atoms with Crippen LogP contribution in [0.2, 0.25) is 5.15 Å². The fourth-order valence-electron chi connectivity index (χ4n) is 2.00. The van der Waals surface area contributed by atoms with Crippen LogP contribution in [-0.4, -0.2) is 15.9 Å². The zero-order chi connectivity index (χ0) is 14.8. The summed E-state index contributed by atoms with van der Waals surface area (Å²) in [5, 5.41) is 3.84. The van der Waals surface area contributed by atoms with Crippen molar-refractivity contribution in [2.75, 3.05) is 5.32 Å². The maximum Gasteiger partial charge on any atom is 0.256 e. The number of aromatic nitrogens is 2. The Kier molecular flexibility index (Phi) is 3.86. The quantitative estimate of drug-likeness (QED) is 0.692. The predicted molar refractivity (Wildman–Crippen MR) is 86.6 cm³/mol. The second-order valence-corrected chi connectivity index (χ2v) is 5.44. The van der Waals surface area contributed by atoms with E-state index in [4.69, 9.17) is 11.6 Å². The highest BCUT2D eigenvalue weighted by molar-refractivity contribution is 9.10. The Labute approximate surface area is 134 Å². The predicted octanol–water partition coefficient (Wildman–Crippen LogP) is 4.30. The zero-order valence-electron chi connectivity index (χ0n) is 10.7. The summed E-state index contributed by atoms with van der Waals surface area (Å²) < 4.78 is 0.572. The van der Waals surface area contributed by atoms with Gasteiger partial charge in [0, 0.05) is 11.6 Å². The van der Waals surface area contributed by atoms with Crippen LogP contribution in [0.1, 0.15) is 10.4 Å². The lowest BCUT2D eigenvalue weighted by Gasteiger charge is -2.09. The Morgan fingerprint density at radius 1 is 1.19 bits per heavy atom. The van der Waals surface area contributed by atoms with Gasteiger partial charge in [-0.05, 0) is 40.2 Å². The van der Waals surface area contributed by atoms with Crippen molar-refractivity contribution in [3.05, 3.63) is 64.0 Å². The fourth-order valence-corrected chi connectivity index (χ4v) is 2.55. The molecule has 0 aliphatic heterocycles. The maximum atomic E-state index is 12.5. The first-order valence-electron chi connectivity index (χ1n) is 6.12. The molecule has 4 nitrogen and oxygen atoms in total.